The Morgan fingerprint density at radius 2 is 2.40 bits per heavy atom. The molecule has 0 fully saturated rings. The van der Waals surface area contributed by atoms with Crippen LogP contribution in [-0.4, -0.2) is 15.4 Å². The van der Waals surface area contributed by atoms with Gasteiger partial charge in [-0.05, 0) is 27.5 Å². The summed E-state index contributed by atoms with van der Waals surface area (Å²) < 4.78 is 4.07. The fourth-order valence-corrected chi connectivity index (χ4v) is 1.98. The SMILES string of the molecule is O=C(O)c1c(Cl)nsc1Br. The lowest BCUT2D eigenvalue weighted by molar-refractivity contribution is 0.0696. The summed E-state index contributed by atoms with van der Waals surface area (Å²) in [5, 5.41) is 8.52. The van der Waals surface area contributed by atoms with Crippen LogP contribution in [0.15, 0.2) is 3.79 Å². The summed E-state index contributed by atoms with van der Waals surface area (Å²) in [5.41, 5.74) is 0.0340. The Morgan fingerprint density at radius 1 is 1.80 bits per heavy atom. The standard InChI is InChI=1S/C4HBrClNO2S/c5-2-1(4(8)9)3(6)7-10-2/h(H,8,9). The Morgan fingerprint density at radius 3 is 2.60 bits per heavy atom. The predicted octanol–water partition coefficient (Wildman–Crippen LogP) is 2.26. The highest BCUT2D eigenvalue weighted by Crippen LogP contribution is 2.27. The molecule has 1 rings (SSSR count). The molecule has 0 atom stereocenters. The van der Waals surface area contributed by atoms with Crippen LogP contribution in [-0.2, 0) is 0 Å². The first kappa shape index (κ1) is 7.97. The molecule has 0 spiro atoms. The minimum atomic E-state index is -1.06. The highest BCUT2D eigenvalue weighted by molar-refractivity contribution is 9.11. The van der Waals surface area contributed by atoms with Crippen LogP contribution in [0.5, 0.6) is 0 Å². The summed E-state index contributed by atoms with van der Waals surface area (Å²) in [6.07, 6.45) is 0. The summed E-state index contributed by atoms with van der Waals surface area (Å²) in [7, 11) is 0. The molecule has 0 saturated heterocycles. The Hall–Kier alpha value is -0.130. The molecule has 0 radical (unpaired) electrons. The normalized spacial score (nSPS) is 9.80. The molecular weight excluding hydrogens is 241 g/mol. The Kier molecular flexibility index (Phi) is 2.28. The fourth-order valence-electron chi connectivity index (χ4n) is 0.425. The maximum Gasteiger partial charge on any atom is 0.340 e. The van der Waals surface area contributed by atoms with Crippen LogP contribution in [0.25, 0.3) is 0 Å². The van der Waals surface area contributed by atoms with Crippen molar-refractivity contribution in [1.29, 1.82) is 0 Å². The van der Waals surface area contributed by atoms with Crippen LogP contribution in [0.4, 0.5) is 0 Å². The maximum absolute atomic E-state index is 10.4. The third-order valence-corrected chi connectivity index (χ3v) is 2.67. The number of nitrogens with zero attached hydrogens (tertiary/aromatic N) is 1. The van der Waals surface area contributed by atoms with Crippen molar-refractivity contribution in [1.82, 2.24) is 4.37 Å². The zero-order valence-electron chi connectivity index (χ0n) is 4.47. The van der Waals surface area contributed by atoms with Crippen LogP contribution in [0.1, 0.15) is 10.4 Å². The second-order valence-electron chi connectivity index (χ2n) is 1.43. The number of aromatic carboxylic acids is 1. The van der Waals surface area contributed by atoms with Crippen LogP contribution in [0, 0.1) is 0 Å². The first-order valence-corrected chi connectivity index (χ1v) is 4.11. The first-order valence-electron chi connectivity index (χ1n) is 2.17. The van der Waals surface area contributed by atoms with Gasteiger partial charge in [-0.3, -0.25) is 0 Å². The number of carboxylic acids is 1. The largest absolute Gasteiger partial charge is 0.478 e. The smallest absolute Gasteiger partial charge is 0.340 e. The van der Waals surface area contributed by atoms with E-state index in [0.29, 0.717) is 3.79 Å². The average Bonchev–Trinajstić information content (AvgIpc) is 2.11. The topological polar surface area (TPSA) is 50.2 Å². The molecule has 1 heterocycles. The maximum atomic E-state index is 10.4. The number of hydrogen-bond acceptors (Lipinski definition) is 3. The Labute approximate surface area is 73.9 Å². The van der Waals surface area contributed by atoms with Crippen LogP contribution >= 0.6 is 39.1 Å². The molecule has 1 N–H and O–H groups in total. The van der Waals surface area contributed by atoms with E-state index in [-0.39, 0.29) is 10.7 Å². The fraction of sp³-hybridized carbons (Fsp3) is 0. The second-order valence-corrected chi connectivity index (χ2v) is 3.88. The van der Waals surface area contributed by atoms with Crippen molar-refractivity contribution in [3.05, 3.63) is 14.5 Å². The average molecular weight is 242 g/mol. The first-order chi connectivity index (χ1) is 4.63. The summed E-state index contributed by atoms with van der Waals surface area (Å²) in [6, 6.07) is 0. The summed E-state index contributed by atoms with van der Waals surface area (Å²) >= 11 is 9.45. The molecule has 0 amide bonds. The van der Waals surface area contributed by atoms with Crippen molar-refractivity contribution in [2.24, 2.45) is 0 Å². The van der Waals surface area contributed by atoms with Gasteiger partial charge in [0, 0.05) is 0 Å². The molecule has 0 aromatic carbocycles. The van der Waals surface area contributed by atoms with E-state index in [9.17, 15) is 4.79 Å². The summed E-state index contributed by atoms with van der Waals surface area (Å²) in [6.45, 7) is 0. The molecule has 1 aromatic rings. The molecular formula is C4HBrClNO2S. The minimum Gasteiger partial charge on any atom is -0.478 e. The molecule has 0 aliphatic rings. The van der Waals surface area contributed by atoms with Gasteiger partial charge in [0.1, 0.15) is 9.35 Å². The van der Waals surface area contributed by atoms with E-state index in [4.69, 9.17) is 16.7 Å². The van der Waals surface area contributed by atoms with E-state index in [1.165, 1.54) is 0 Å². The third kappa shape index (κ3) is 1.31. The van der Waals surface area contributed by atoms with Crippen molar-refractivity contribution >= 4 is 45.0 Å². The lowest BCUT2D eigenvalue weighted by atomic mass is 10.4. The van der Waals surface area contributed by atoms with Gasteiger partial charge in [0.25, 0.3) is 0 Å². The summed E-state index contributed by atoms with van der Waals surface area (Å²) in [5.74, 6) is -1.06. The number of carboxylic acid groups (broad SMARTS) is 1. The number of hydrogen-bond donors (Lipinski definition) is 1. The molecule has 54 valence electrons. The van der Waals surface area contributed by atoms with E-state index in [0.717, 1.165) is 11.5 Å². The van der Waals surface area contributed by atoms with Gasteiger partial charge in [-0.15, -0.1) is 0 Å². The Bertz CT molecular complexity index is 255. The zero-order valence-corrected chi connectivity index (χ0v) is 7.63. The van der Waals surface area contributed by atoms with Gasteiger partial charge >= 0.3 is 5.97 Å². The van der Waals surface area contributed by atoms with Gasteiger partial charge in [0.15, 0.2) is 5.15 Å². The highest BCUT2D eigenvalue weighted by Gasteiger charge is 2.16. The van der Waals surface area contributed by atoms with E-state index >= 15 is 0 Å². The number of halogens is 2. The molecule has 0 saturated carbocycles. The molecule has 0 aliphatic carbocycles. The van der Waals surface area contributed by atoms with Crippen molar-refractivity contribution in [2.75, 3.05) is 0 Å². The van der Waals surface area contributed by atoms with Gasteiger partial charge in [0.2, 0.25) is 0 Å². The van der Waals surface area contributed by atoms with Crippen LogP contribution in [0.2, 0.25) is 5.15 Å². The van der Waals surface area contributed by atoms with Gasteiger partial charge in [0.05, 0.1) is 0 Å². The monoisotopic (exact) mass is 241 g/mol. The second kappa shape index (κ2) is 2.86. The van der Waals surface area contributed by atoms with E-state index < -0.39 is 5.97 Å². The van der Waals surface area contributed by atoms with Crippen LogP contribution < -0.4 is 0 Å². The molecule has 0 aliphatic heterocycles. The van der Waals surface area contributed by atoms with E-state index in [1.54, 1.807) is 0 Å². The summed E-state index contributed by atoms with van der Waals surface area (Å²) in [4.78, 5) is 10.4. The lowest BCUT2D eigenvalue weighted by Gasteiger charge is -1.86. The lowest BCUT2D eigenvalue weighted by Crippen LogP contribution is -1.94. The van der Waals surface area contributed by atoms with Crippen molar-refractivity contribution < 1.29 is 9.90 Å². The van der Waals surface area contributed by atoms with Crippen molar-refractivity contribution in [3.8, 4) is 0 Å². The molecule has 0 unspecified atom stereocenters. The predicted molar refractivity (Wildman–Crippen MR) is 41.8 cm³/mol. The van der Waals surface area contributed by atoms with E-state index in [2.05, 4.69) is 20.3 Å². The highest BCUT2D eigenvalue weighted by atomic mass is 79.9. The van der Waals surface area contributed by atoms with E-state index in [1.807, 2.05) is 0 Å². The minimum absolute atomic E-state index is 0.0318. The molecule has 1 aromatic heterocycles. The number of aromatic nitrogens is 1. The zero-order chi connectivity index (χ0) is 7.72. The Balaban J connectivity index is 3.23. The quantitative estimate of drug-likeness (QED) is 0.822. The van der Waals surface area contributed by atoms with Gasteiger partial charge in [-0.1, -0.05) is 11.6 Å². The number of rotatable bonds is 1. The van der Waals surface area contributed by atoms with Gasteiger partial charge in [-0.2, -0.15) is 4.37 Å². The third-order valence-electron chi connectivity index (χ3n) is 0.823. The molecule has 3 nitrogen and oxygen atoms in total. The van der Waals surface area contributed by atoms with Crippen molar-refractivity contribution in [2.45, 2.75) is 0 Å². The van der Waals surface area contributed by atoms with Gasteiger partial charge < -0.3 is 5.11 Å². The molecule has 10 heavy (non-hydrogen) atoms. The number of carbonyl (C=O) groups is 1. The van der Waals surface area contributed by atoms with Gasteiger partial charge in [-0.25, -0.2) is 4.79 Å². The molecule has 0 bridgehead atoms. The molecule has 6 heteroatoms. The van der Waals surface area contributed by atoms with Crippen molar-refractivity contribution in [3.63, 3.8) is 0 Å². The van der Waals surface area contributed by atoms with Crippen LogP contribution in [0.3, 0.4) is 0 Å².